The minimum absolute atomic E-state index is 0.0133. The van der Waals surface area contributed by atoms with Crippen molar-refractivity contribution in [3.8, 4) is 0 Å². The molecule has 0 saturated carbocycles. The van der Waals surface area contributed by atoms with Gasteiger partial charge >= 0.3 is 11.7 Å². The molecule has 2 rings (SSSR count). The molecule has 0 aliphatic rings. The third-order valence-corrected chi connectivity index (χ3v) is 6.04. The third kappa shape index (κ3) is 3.22. The molecule has 24 heavy (non-hydrogen) atoms. The number of carbonyl (C=O) groups is 1. The van der Waals surface area contributed by atoms with Crippen molar-refractivity contribution in [1.29, 1.82) is 0 Å². The molecular weight excluding hydrogens is 360 g/mol. The van der Waals surface area contributed by atoms with Crippen molar-refractivity contribution in [1.82, 2.24) is 9.78 Å². The van der Waals surface area contributed by atoms with Gasteiger partial charge in [0.2, 0.25) is 5.89 Å². The van der Waals surface area contributed by atoms with Crippen LogP contribution in [0.15, 0.2) is 26.2 Å². The Morgan fingerprint density at radius 3 is 2.50 bits per heavy atom. The highest BCUT2D eigenvalue weighted by molar-refractivity contribution is 7.92. The zero-order chi connectivity index (χ0) is 18.2. The fourth-order valence-electron chi connectivity index (χ4n) is 2.10. The van der Waals surface area contributed by atoms with Crippen molar-refractivity contribution in [2.75, 3.05) is 0 Å². The monoisotopic (exact) mass is 374 g/mol. The number of benzene rings is 1. The molecular formula is C14H15ClN2O6S. The lowest BCUT2D eigenvalue weighted by Crippen LogP contribution is -2.22. The summed E-state index contributed by atoms with van der Waals surface area (Å²) < 4.78 is 30.7. The molecule has 8 nitrogen and oxygen atoms in total. The lowest BCUT2D eigenvalue weighted by Gasteiger charge is -2.15. The van der Waals surface area contributed by atoms with E-state index in [4.69, 9.17) is 16.0 Å². The van der Waals surface area contributed by atoms with Gasteiger partial charge in [-0.1, -0.05) is 11.6 Å². The lowest BCUT2D eigenvalue weighted by molar-refractivity contribution is 0.0697. The summed E-state index contributed by atoms with van der Waals surface area (Å²) in [6.07, 6.45) is 0. The van der Waals surface area contributed by atoms with E-state index in [2.05, 4.69) is 5.10 Å². The van der Waals surface area contributed by atoms with Crippen molar-refractivity contribution in [3.63, 3.8) is 0 Å². The van der Waals surface area contributed by atoms with Crippen LogP contribution in [0.25, 0.3) is 0 Å². The van der Waals surface area contributed by atoms with Crippen LogP contribution in [0.2, 0.25) is 5.02 Å². The number of carboxylic acid groups (broad SMARTS) is 1. The predicted octanol–water partition coefficient (Wildman–Crippen LogP) is 1.73. The molecule has 10 heteroatoms. The van der Waals surface area contributed by atoms with Gasteiger partial charge in [-0.2, -0.15) is 4.68 Å². The standard InChI is InChI=1S/C14H15ClN2O6S/c1-7(2)24(21,22)11-5-4-9(13(18)19)12(15)10(11)6-17-14(20)23-8(3)16-17/h4-5,7H,6H2,1-3H3,(H,18,19). The molecule has 1 heterocycles. The fourth-order valence-corrected chi connectivity index (χ4v) is 3.73. The van der Waals surface area contributed by atoms with Gasteiger partial charge < -0.3 is 9.52 Å². The zero-order valence-electron chi connectivity index (χ0n) is 13.1. The minimum Gasteiger partial charge on any atom is -0.478 e. The maximum absolute atomic E-state index is 12.5. The Morgan fingerprint density at radius 1 is 1.42 bits per heavy atom. The van der Waals surface area contributed by atoms with E-state index in [0.29, 0.717) is 0 Å². The van der Waals surface area contributed by atoms with Crippen LogP contribution in [0, 0.1) is 6.92 Å². The molecule has 0 fully saturated rings. The molecule has 130 valence electrons. The van der Waals surface area contributed by atoms with Crippen LogP contribution in [0.5, 0.6) is 0 Å². The van der Waals surface area contributed by atoms with Gasteiger partial charge in [-0.05, 0) is 26.0 Å². The van der Waals surface area contributed by atoms with E-state index in [1.807, 2.05) is 0 Å². The number of carboxylic acids is 1. The van der Waals surface area contributed by atoms with Gasteiger partial charge in [0.05, 0.1) is 27.3 Å². The number of rotatable bonds is 5. The van der Waals surface area contributed by atoms with E-state index in [1.165, 1.54) is 26.8 Å². The Balaban J connectivity index is 2.74. The summed E-state index contributed by atoms with van der Waals surface area (Å²) in [6, 6.07) is 2.30. The van der Waals surface area contributed by atoms with Crippen LogP contribution in [0.1, 0.15) is 35.7 Å². The summed E-state index contributed by atoms with van der Waals surface area (Å²) in [4.78, 5) is 22.8. The van der Waals surface area contributed by atoms with Crippen LogP contribution >= 0.6 is 11.6 Å². The van der Waals surface area contributed by atoms with Gasteiger partial charge in [0.1, 0.15) is 0 Å². The number of hydrogen-bond acceptors (Lipinski definition) is 6. The van der Waals surface area contributed by atoms with E-state index >= 15 is 0 Å². The average molecular weight is 375 g/mol. The van der Waals surface area contributed by atoms with Gasteiger partial charge in [-0.25, -0.2) is 18.0 Å². The van der Waals surface area contributed by atoms with Gasteiger partial charge in [-0.3, -0.25) is 0 Å². The van der Waals surface area contributed by atoms with E-state index in [-0.39, 0.29) is 33.5 Å². The second-order valence-electron chi connectivity index (χ2n) is 5.35. The second-order valence-corrected chi connectivity index (χ2v) is 8.20. The largest absolute Gasteiger partial charge is 0.478 e. The van der Waals surface area contributed by atoms with E-state index in [0.717, 1.165) is 10.7 Å². The SMILES string of the molecule is Cc1nn(Cc2c(S(=O)(=O)C(C)C)ccc(C(=O)O)c2Cl)c(=O)o1. The quantitative estimate of drug-likeness (QED) is 0.846. The summed E-state index contributed by atoms with van der Waals surface area (Å²) in [7, 11) is -3.75. The Kier molecular flexibility index (Phi) is 4.86. The smallest absolute Gasteiger partial charge is 0.437 e. The predicted molar refractivity (Wildman–Crippen MR) is 85.3 cm³/mol. The Morgan fingerprint density at radius 2 is 2.04 bits per heavy atom. The summed E-state index contributed by atoms with van der Waals surface area (Å²) in [5.74, 6) is -2.01. The molecule has 0 atom stereocenters. The lowest BCUT2D eigenvalue weighted by atomic mass is 10.1. The number of nitrogens with zero attached hydrogens (tertiary/aromatic N) is 2. The molecule has 0 aliphatic heterocycles. The zero-order valence-corrected chi connectivity index (χ0v) is 14.7. The first-order valence-electron chi connectivity index (χ1n) is 6.88. The first kappa shape index (κ1) is 18.2. The van der Waals surface area contributed by atoms with Crippen LogP contribution < -0.4 is 5.76 Å². The van der Waals surface area contributed by atoms with Crippen LogP contribution in [0.3, 0.4) is 0 Å². The van der Waals surface area contributed by atoms with Crippen molar-refractivity contribution < 1.29 is 22.7 Å². The van der Waals surface area contributed by atoms with Crippen LogP contribution in [0.4, 0.5) is 0 Å². The summed E-state index contributed by atoms with van der Waals surface area (Å²) in [5, 5.41) is 12.0. The Labute approximate surface area is 142 Å². The number of halogens is 1. The number of aromatic carboxylic acids is 1. The van der Waals surface area contributed by atoms with Gasteiger partial charge in [0, 0.05) is 12.5 Å². The van der Waals surface area contributed by atoms with Crippen LogP contribution in [-0.4, -0.2) is 34.5 Å². The second kappa shape index (κ2) is 6.40. The molecule has 0 saturated heterocycles. The Bertz CT molecular complexity index is 958. The molecule has 1 aromatic heterocycles. The number of hydrogen-bond donors (Lipinski definition) is 1. The Hall–Kier alpha value is -2.13. The molecule has 1 aromatic carbocycles. The number of sulfone groups is 1. The summed E-state index contributed by atoms with van der Waals surface area (Å²) >= 11 is 6.11. The molecule has 1 N–H and O–H groups in total. The average Bonchev–Trinajstić information content (AvgIpc) is 2.78. The molecule has 0 aliphatic carbocycles. The van der Waals surface area contributed by atoms with Crippen molar-refractivity contribution in [2.45, 2.75) is 37.5 Å². The fraction of sp³-hybridized carbons (Fsp3) is 0.357. The first-order valence-corrected chi connectivity index (χ1v) is 8.81. The molecule has 2 aromatic rings. The molecule has 0 unspecified atom stereocenters. The van der Waals surface area contributed by atoms with Crippen molar-refractivity contribution >= 4 is 27.4 Å². The molecule has 0 spiro atoms. The van der Waals surface area contributed by atoms with Crippen molar-refractivity contribution in [2.24, 2.45) is 0 Å². The maximum Gasteiger partial charge on any atom is 0.437 e. The van der Waals surface area contributed by atoms with E-state index in [9.17, 15) is 23.1 Å². The minimum atomic E-state index is -3.75. The maximum atomic E-state index is 12.5. The number of aryl methyl sites for hydroxylation is 1. The highest BCUT2D eigenvalue weighted by Crippen LogP contribution is 2.30. The highest BCUT2D eigenvalue weighted by Gasteiger charge is 2.27. The molecule has 0 amide bonds. The summed E-state index contributed by atoms with van der Waals surface area (Å²) in [5.41, 5.74) is -0.275. The third-order valence-electron chi connectivity index (χ3n) is 3.37. The van der Waals surface area contributed by atoms with E-state index in [1.54, 1.807) is 0 Å². The van der Waals surface area contributed by atoms with Gasteiger partial charge in [0.25, 0.3) is 0 Å². The normalized spacial score (nSPS) is 11.9. The van der Waals surface area contributed by atoms with E-state index < -0.39 is 26.8 Å². The van der Waals surface area contributed by atoms with Crippen molar-refractivity contribution in [3.05, 3.63) is 44.7 Å². The molecule has 0 bridgehead atoms. The molecule has 0 radical (unpaired) electrons. The highest BCUT2D eigenvalue weighted by atomic mass is 35.5. The topological polar surface area (TPSA) is 119 Å². The summed E-state index contributed by atoms with van der Waals surface area (Å²) in [6.45, 7) is 4.12. The van der Waals surface area contributed by atoms with Gasteiger partial charge in [-0.15, -0.1) is 5.10 Å². The van der Waals surface area contributed by atoms with Gasteiger partial charge in [0.15, 0.2) is 9.84 Å². The van der Waals surface area contributed by atoms with Crippen LogP contribution in [-0.2, 0) is 16.4 Å². The first-order chi connectivity index (χ1) is 11.1. The number of aromatic nitrogens is 2.